The van der Waals surface area contributed by atoms with Gasteiger partial charge < -0.3 is 15.4 Å². The zero-order valence-electron chi connectivity index (χ0n) is 12.2. The van der Waals surface area contributed by atoms with Crippen LogP contribution in [0.3, 0.4) is 0 Å². The number of benzene rings is 1. The molecule has 0 unspecified atom stereocenters. The number of methoxy groups -OCH3 is 1. The zero-order valence-corrected chi connectivity index (χ0v) is 12.2. The summed E-state index contributed by atoms with van der Waals surface area (Å²) >= 11 is 0. The monoisotopic (exact) mass is 280 g/mol. The first-order valence-electron chi connectivity index (χ1n) is 6.76. The highest BCUT2D eigenvalue weighted by molar-refractivity contribution is 5.96. The van der Waals surface area contributed by atoms with Gasteiger partial charge in [0.15, 0.2) is 0 Å². The van der Waals surface area contributed by atoms with E-state index in [4.69, 9.17) is 5.73 Å². The van der Waals surface area contributed by atoms with Crippen molar-refractivity contribution in [1.29, 1.82) is 0 Å². The van der Waals surface area contributed by atoms with Gasteiger partial charge in [0.05, 0.1) is 18.4 Å². The molecule has 4 nitrogen and oxygen atoms in total. The Hall–Kier alpha value is -1.78. The van der Waals surface area contributed by atoms with Crippen molar-refractivity contribution in [1.82, 2.24) is 0 Å². The number of halogens is 1. The summed E-state index contributed by atoms with van der Waals surface area (Å²) in [5.41, 5.74) is 6.71. The molecule has 20 heavy (non-hydrogen) atoms. The number of nitrogens with two attached hydrogens (primary N) is 1. The van der Waals surface area contributed by atoms with E-state index in [-0.39, 0.29) is 16.7 Å². The van der Waals surface area contributed by atoms with Crippen molar-refractivity contribution in [2.24, 2.45) is 5.41 Å². The second-order valence-corrected chi connectivity index (χ2v) is 6.03. The van der Waals surface area contributed by atoms with E-state index in [0.29, 0.717) is 5.69 Å². The third kappa shape index (κ3) is 2.86. The number of carbonyl (C=O) groups excluding carboxylic acids is 1. The molecule has 0 aromatic heterocycles. The van der Waals surface area contributed by atoms with Crippen LogP contribution >= 0.6 is 0 Å². The number of hydrogen-bond donors (Lipinski definition) is 1. The number of hydrogen-bond acceptors (Lipinski definition) is 4. The summed E-state index contributed by atoms with van der Waals surface area (Å²) in [4.78, 5) is 13.6. The Kier molecular flexibility index (Phi) is 3.88. The summed E-state index contributed by atoms with van der Waals surface area (Å²) in [6.07, 6.45) is 1.98. The smallest absolute Gasteiger partial charge is 0.340 e. The molecule has 1 aromatic carbocycles. The zero-order chi connectivity index (χ0) is 14.9. The lowest BCUT2D eigenvalue weighted by atomic mass is 9.82. The molecule has 5 heteroatoms. The second-order valence-electron chi connectivity index (χ2n) is 6.03. The van der Waals surface area contributed by atoms with Crippen molar-refractivity contribution in [3.63, 3.8) is 0 Å². The largest absolute Gasteiger partial charge is 0.465 e. The molecule has 0 radical (unpaired) electrons. The number of anilines is 2. The van der Waals surface area contributed by atoms with E-state index in [0.717, 1.165) is 25.9 Å². The molecule has 2 N–H and O–H groups in total. The van der Waals surface area contributed by atoms with Crippen molar-refractivity contribution >= 4 is 17.3 Å². The molecule has 1 aliphatic rings. The Balaban J connectivity index is 2.30. The molecule has 1 fully saturated rings. The van der Waals surface area contributed by atoms with Crippen LogP contribution in [-0.4, -0.2) is 26.2 Å². The van der Waals surface area contributed by atoms with Crippen molar-refractivity contribution in [2.45, 2.75) is 26.7 Å². The maximum atomic E-state index is 14.1. The molecular weight excluding hydrogens is 259 g/mol. The number of nitrogens with zero attached hydrogens (tertiary/aromatic N) is 1. The summed E-state index contributed by atoms with van der Waals surface area (Å²) in [6, 6.07) is 2.69. The predicted octanol–water partition coefficient (Wildman–Crippen LogP) is 2.82. The fourth-order valence-electron chi connectivity index (χ4n) is 2.46. The van der Waals surface area contributed by atoms with E-state index in [1.807, 2.05) is 4.90 Å². The quantitative estimate of drug-likeness (QED) is 0.668. The summed E-state index contributed by atoms with van der Waals surface area (Å²) < 4.78 is 18.8. The van der Waals surface area contributed by atoms with Gasteiger partial charge in [-0.1, -0.05) is 13.8 Å². The van der Waals surface area contributed by atoms with E-state index in [1.54, 1.807) is 0 Å². The van der Waals surface area contributed by atoms with Gasteiger partial charge in [0.1, 0.15) is 5.82 Å². The van der Waals surface area contributed by atoms with Gasteiger partial charge in [0.25, 0.3) is 0 Å². The molecule has 1 aliphatic heterocycles. The lowest BCUT2D eigenvalue weighted by molar-refractivity contribution is 0.0602. The molecule has 2 rings (SSSR count). The van der Waals surface area contributed by atoms with Crippen LogP contribution in [0.4, 0.5) is 15.8 Å². The number of esters is 1. The average molecular weight is 280 g/mol. The lowest BCUT2D eigenvalue weighted by Gasteiger charge is -2.38. The highest BCUT2D eigenvalue weighted by Crippen LogP contribution is 2.34. The van der Waals surface area contributed by atoms with Gasteiger partial charge in [-0.2, -0.15) is 0 Å². The number of rotatable bonds is 2. The lowest BCUT2D eigenvalue weighted by Crippen LogP contribution is -2.37. The second kappa shape index (κ2) is 5.31. The Labute approximate surface area is 118 Å². The minimum absolute atomic E-state index is 0.107. The SMILES string of the molecule is COC(=O)c1cc(N2CCC(C)(C)CC2)c(F)cc1N. The molecule has 1 saturated heterocycles. The highest BCUT2D eigenvalue weighted by atomic mass is 19.1. The average Bonchev–Trinajstić information content (AvgIpc) is 2.39. The molecule has 0 spiro atoms. The van der Waals surface area contributed by atoms with Crippen LogP contribution in [0, 0.1) is 11.2 Å². The van der Waals surface area contributed by atoms with E-state index >= 15 is 0 Å². The predicted molar refractivity (Wildman–Crippen MR) is 77.4 cm³/mol. The standard InChI is InChI=1S/C15H21FN2O2/c1-15(2)4-6-18(7-5-15)13-8-10(14(19)20-3)12(17)9-11(13)16/h8-9H,4-7,17H2,1-3H3. The number of ether oxygens (including phenoxy) is 1. The van der Waals surface area contributed by atoms with Crippen LogP contribution < -0.4 is 10.6 Å². The Morgan fingerprint density at radius 3 is 2.50 bits per heavy atom. The minimum atomic E-state index is -0.541. The van der Waals surface area contributed by atoms with Crippen molar-refractivity contribution in [3.05, 3.63) is 23.5 Å². The molecule has 1 aromatic rings. The molecule has 0 bridgehead atoms. The number of carbonyl (C=O) groups is 1. The van der Waals surface area contributed by atoms with E-state index in [2.05, 4.69) is 18.6 Å². The first-order chi connectivity index (χ1) is 9.34. The van der Waals surface area contributed by atoms with Gasteiger partial charge in [-0.05, 0) is 30.4 Å². The Bertz CT molecular complexity index is 519. The molecule has 0 aliphatic carbocycles. The van der Waals surface area contributed by atoms with Crippen LogP contribution in [0.5, 0.6) is 0 Å². The summed E-state index contributed by atoms with van der Waals surface area (Å²) in [6.45, 7) is 5.97. The van der Waals surface area contributed by atoms with Crippen LogP contribution in [0.2, 0.25) is 0 Å². The maximum absolute atomic E-state index is 14.1. The minimum Gasteiger partial charge on any atom is -0.465 e. The topological polar surface area (TPSA) is 55.6 Å². The van der Waals surface area contributed by atoms with Gasteiger partial charge in [-0.15, -0.1) is 0 Å². The Morgan fingerprint density at radius 1 is 1.35 bits per heavy atom. The van der Waals surface area contributed by atoms with Crippen molar-refractivity contribution in [2.75, 3.05) is 30.8 Å². The first kappa shape index (κ1) is 14.6. The van der Waals surface area contributed by atoms with E-state index in [1.165, 1.54) is 19.2 Å². The van der Waals surface area contributed by atoms with Crippen LogP contribution in [0.15, 0.2) is 12.1 Å². The van der Waals surface area contributed by atoms with E-state index in [9.17, 15) is 9.18 Å². The maximum Gasteiger partial charge on any atom is 0.340 e. The molecule has 110 valence electrons. The van der Waals surface area contributed by atoms with Crippen LogP contribution in [0.25, 0.3) is 0 Å². The van der Waals surface area contributed by atoms with Crippen molar-refractivity contribution in [3.8, 4) is 0 Å². The van der Waals surface area contributed by atoms with Crippen LogP contribution in [-0.2, 0) is 4.74 Å². The highest BCUT2D eigenvalue weighted by Gasteiger charge is 2.27. The summed E-state index contributed by atoms with van der Waals surface area (Å²) in [5, 5.41) is 0. The normalized spacial score (nSPS) is 17.9. The van der Waals surface area contributed by atoms with Crippen molar-refractivity contribution < 1.29 is 13.9 Å². The van der Waals surface area contributed by atoms with Gasteiger partial charge in [0.2, 0.25) is 0 Å². The molecule has 1 heterocycles. The molecular formula is C15H21FN2O2. The molecule has 0 atom stereocenters. The number of nitrogen functional groups attached to an aromatic ring is 1. The van der Waals surface area contributed by atoms with E-state index < -0.39 is 11.8 Å². The Morgan fingerprint density at radius 2 is 1.95 bits per heavy atom. The van der Waals surface area contributed by atoms with Gasteiger partial charge in [-0.25, -0.2) is 9.18 Å². The third-order valence-corrected chi connectivity index (χ3v) is 3.98. The fraction of sp³-hybridized carbons (Fsp3) is 0.533. The first-order valence-corrected chi connectivity index (χ1v) is 6.76. The van der Waals surface area contributed by atoms with Gasteiger partial charge >= 0.3 is 5.97 Å². The number of piperidine rings is 1. The summed E-state index contributed by atoms with van der Waals surface area (Å²) in [7, 11) is 1.29. The van der Waals surface area contributed by atoms with Crippen LogP contribution in [0.1, 0.15) is 37.0 Å². The molecule has 0 saturated carbocycles. The third-order valence-electron chi connectivity index (χ3n) is 3.98. The summed E-state index contributed by atoms with van der Waals surface area (Å²) in [5.74, 6) is -0.934. The van der Waals surface area contributed by atoms with Gasteiger partial charge in [0, 0.05) is 18.8 Å². The fourth-order valence-corrected chi connectivity index (χ4v) is 2.46. The van der Waals surface area contributed by atoms with Gasteiger partial charge in [-0.3, -0.25) is 0 Å². The molecule has 0 amide bonds.